The van der Waals surface area contributed by atoms with E-state index >= 15 is 0 Å². The van der Waals surface area contributed by atoms with Crippen LogP contribution in [0.25, 0.3) is 0 Å². The third-order valence-corrected chi connectivity index (χ3v) is 5.75. The Hall–Kier alpha value is -3.58. The van der Waals surface area contributed by atoms with Gasteiger partial charge in [-0.1, -0.05) is 11.6 Å². The molecule has 1 fully saturated rings. The Labute approximate surface area is 192 Å². The normalized spacial score (nSPS) is 13.6. The van der Waals surface area contributed by atoms with Gasteiger partial charge in [0.15, 0.2) is 0 Å². The smallest absolute Gasteiger partial charge is 0.321 e. The minimum Gasteiger partial charge on any atom is -0.345 e. The van der Waals surface area contributed by atoms with Gasteiger partial charge in [0.2, 0.25) is 0 Å². The molecule has 1 N–H and O–H groups in total. The first kappa shape index (κ1) is 21.6. The van der Waals surface area contributed by atoms with Crippen LogP contribution in [0.15, 0.2) is 73.1 Å². The maximum atomic E-state index is 12.9. The van der Waals surface area contributed by atoms with Gasteiger partial charge < -0.3 is 20.0 Å². The fraction of sp³-hybridized carbons (Fsp3) is 0.208. The number of amides is 3. The Bertz CT molecular complexity index is 1070. The molecular formula is C24H24ClN5O2. The predicted octanol–water partition coefficient (Wildman–Crippen LogP) is 4.49. The Kier molecular flexibility index (Phi) is 6.56. The topological polar surface area (TPSA) is 68.8 Å². The Morgan fingerprint density at radius 3 is 2.03 bits per heavy atom. The summed E-state index contributed by atoms with van der Waals surface area (Å²) in [6.45, 7) is 1.94. The highest BCUT2D eigenvalue weighted by molar-refractivity contribution is 6.30. The molecule has 1 saturated heterocycles. The molecule has 0 atom stereocenters. The number of hydrogen-bond acceptors (Lipinski definition) is 4. The minimum atomic E-state index is -0.178. The van der Waals surface area contributed by atoms with E-state index in [1.165, 1.54) is 0 Å². The zero-order valence-corrected chi connectivity index (χ0v) is 18.5. The van der Waals surface area contributed by atoms with E-state index in [9.17, 15) is 9.59 Å². The number of urea groups is 1. The third-order valence-electron chi connectivity index (χ3n) is 5.50. The molecular weight excluding hydrogens is 426 g/mol. The van der Waals surface area contributed by atoms with Crippen LogP contribution in [-0.4, -0.2) is 59.9 Å². The molecule has 2 heterocycles. The summed E-state index contributed by atoms with van der Waals surface area (Å²) in [5.41, 5.74) is 3.33. The standard InChI is InChI=1S/C24H24ClN5O2/c1-28(22-10-12-26-13-11-22)21-8-2-18(3-9-21)23(31)29-14-16-30(17-15-29)24(32)27-20-6-4-19(25)5-7-20/h2-13H,14-17H2,1H3,(H,27,32). The lowest BCUT2D eigenvalue weighted by molar-refractivity contribution is 0.0671. The molecule has 3 amide bonds. The number of hydrogen-bond donors (Lipinski definition) is 1. The van der Waals surface area contributed by atoms with Gasteiger partial charge in [0.1, 0.15) is 0 Å². The zero-order chi connectivity index (χ0) is 22.5. The van der Waals surface area contributed by atoms with Crippen molar-refractivity contribution in [1.29, 1.82) is 0 Å². The monoisotopic (exact) mass is 449 g/mol. The summed E-state index contributed by atoms with van der Waals surface area (Å²) in [7, 11) is 1.97. The molecule has 1 aromatic heterocycles. The van der Waals surface area contributed by atoms with Gasteiger partial charge >= 0.3 is 6.03 Å². The van der Waals surface area contributed by atoms with Crippen molar-refractivity contribution in [3.05, 3.63) is 83.6 Å². The summed E-state index contributed by atoms with van der Waals surface area (Å²) in [6.07, 6.45) is 3.50. The highest BCUT2D eigenvalue weighted by Crippen LogP contribution is 2.23. The molecule has 32 heavy (non-hydrogen) atoms. The van der Waals surface area contributed by atoms with Crippen molar-refractivity contribution in [2.75, 3.05) is 43.4 Å². The molecule has 164 valence electrons. The third kappa shape index (κ3) is 5.00. The number of carbonyl (C=O) groups is 2. The number of halogens is 1. The molecule has 0 saturated carbocycles. The fourth-order valence-corrected chi connectivity index (χ4v) is 3.70. The van der Waals surface area contributed by atoms with Crippen LogP contribution in [0, 0.1) is 0 Å². The second-order valence-electron chi connectivity index (χ2n) is 7.53. The second kappa shape index (κ2) is 9.70. The summed E-state index contributed by atoms with van der Waals surface area (Å²) in [5.74, 6) is -0.0270. The van der Waals surface area contributed by atoms with Gasteiger partial charge in [-0.2, -0.15) is 0 Å². The van der Waals surface area contributed by atoms with Crippen LogP contribution in [-0.2, 0) is 0 Å². The molecule has 7 nitrogen and oxygen atoms in total. The first-order valence-electron chi connectivity index (χ1n) is 10.4. The highest BCUT2D eigenvalue weighted by Gasteiger charge is 2.25. The number of pyridine rings is 1. The molecule has 1 aliphatic heterocycles. The van der Waals surface area contributed by atoms with Crippen LogP contribution in [0.2, 0.25) is 5.02 Å². The molecule has 0 radical (unpaired) electrons. The van der Waals surface area contributed by atoms with Crippen molar-refractivity contribution in [1.82, 2.24) is 14.8 Å². The van der Waals surface area contributed by atoms with E-state index in [4.69, 9.17) is 11.6 Å². The zero-order valence-electron chi connectivity index (χ0n) is 17.7. The van der Waals surface area contributed by atoms with E-state index in [1.54, 1.807) is 46.5 Å². The Morgan fingerprint density at radius 1 is 0.844 bits per heavy atom. The quantitative estimate of drug-likeness (QED) is 0.637. The number of nitrogens with one attached hydrogen (secondary N) is 1. The lowest BCUT2D eigenvalue weighted by Crippen LogP contribution is -2.51. The van der Waals surface area contributed by atoms with Crippen molar-refractivity contribution in [2.24, 2.45) is 0 Å². The molecule has 1 aliphatic rings. The van der Waals surface area contributed by atoms with Gasteiger partial charge in [-0.15, -0.1) is 0 Å². The lowest BCUT2D eigenvalue weighted by Gasteiger charge is -2.34. The number of benzene rings is 2. The summed E-state index contributed by atoms with van der Waals surface area (Å²) in [6, 6.07) is 18.2. The fourth-order valence-electron chi connectivity index (χ4n) is 3.58. The molecule has 8 heteroatoms. The maximum absolute atomic E-state index is 12.9. The predicted molar refractivity (Wildman–Crippen MR) is 127 cm³/mol. The first-order chi connectivity index (χ1) is 15.5. The average Bonchev–Trinajstić information content (AvgIpc) is 2.85. The van der Waals surface area contributed by atoms with Crippen LogP contribution >= 0.6 is 11.6 Å². The Morgan fingerprint density at radius 2 is 1.41 bits per heavy atom. The molecule has 0 aliphatic carbocycles. The summed E-state index contributed by atoms with van der Waals surface area (Å²) in [4.78, 5) is 35.0. The van der Waals surface area contributed by atoms with Crippen molar-refractivity contribution in [2.45, 2.75) is 0 Å². The molecule has 0 bridgehead atoms. The SMILES string of the molecule is CN(c1ccncc1)c1ccc(C(=O)N2CCN(C(=O)Nc3ccc(Cl)cc3)CC2)cc1. The van der Waals surface area contributed by atoms with Crippen LogP contribution < -0.4 is 10.2 Å². The number of rotatable bonds is 4. The number of nitrogens with zero attached hydrogens (tertiary/aromatic N) is 4. The van der Waals surface area contributed by atoms with Crippen molar-refractivity contribution < 1.29 is 9.59 Å². The van der Waals surface area contributed by atoms with Crippen LogP contribution in [0.4, 0.5) is 21.9 Å². The number of anilines is 3. The molecule has 0 unspecified atom stereocenters. The van der Waals surface area contributed by atoms with E-state index in [2.05, 4.69) is 10.3 Å². The number of aromatic nitrogens is 1. The van der Waals surface area contributed by atoms with Crippen LogP contribution in [0.1, 0.15) is 10.4 Å². The summed E-state index contributed by atoms with van der Waals surface area (Å²) < 4.78 is 0. The van der Waals surface area contributed by atoms with Gasteiger partial charge in [-0.25, -0.2) is 4.79 Å². The van der Waals surface area contributed by atoms with E-state index in [0.29, 0.717) is 42.5 Å². The molecule has 3 aromatic rings. The van der Waals surface area contributed by atoms with Crippen molar-refractivity contribution >= 4 is 40.6 Å². The largest absolute Gasteiger partial charge is 0.345 e. The molecule has 4 rings (SSSR count). The molecule has 0 spiro atoms. The van der Waals surface area contributed by atoms with Crippen molar-refractivity contribution in [3.63, 3.8) is 0 Å². The highest BCUT2D eigenvalue weighted by atomic mass is 35.5. The minimum absolute atomic E-state index is 0.0270. The van der Waals surface area contributed by atoms with Gasteiger partial charge in [-0.3, -0.25) is 9.78 Å². The van der Waals surface area contributed by atoms with Gasteiger partial charge in [0, 0.05) is 73.3 Å². The number of carbonyl (C=O) groups excluding carboxylic acids is 2. The van der Waals surface area contributed by atoms with E-state index in [-0.39, 0.29) is 11.9 Å². The molecule has 2 aromatic carbocycles. The lowest BCUT2D eigenvalue weighted by atomic mass is 10.1. The van der Waals surface area contributed by atoms with Gasteiger partial charge in [0.05, 0.1) is 0 Å². The van der Waals surface area contributed by atoms with Crippen molar-refractivity contribution in [3.8, 4) is 0 Å². The number of piperazine rings is 1. The van der Waals surface area contributed by atoms with E-state index in [0.717, 1.165) is 11.4 Å². The maximum Gasteiger partial charge on any atom is 0.321 e. The van der Waals surface area contributed by atoms with Crippen LogP contribution in [0.3, 0.4) is 0 Å². The second-order valence-corrected chi connectivity index (χ2v) is 7.96. The van der Waals surface area contributed by atoms with Crippen LogP contribution in [0.5, 0.6) is 0 Å². The first-order valence-corrected chi connectivity index (χ1v) is 10.7. The average molecular weight is 450 g/mol. The van der Waals surface area contributed by atoms with Gasteiger partial charge in [0.25, 0.3) is 5.91 Å². The Balaban J connectivity index is 1.32. The van der Waals surface area contributed by atoms with Gasteiger partial charge in [-0.05, 0) is 60.7 Å². The summed E-state index contributed by atoms with van der Waals surface area (Å²) >= 11 is 5.88. The van der Waals surface area contributed by atoms with E-state index < -0.39 is 0 Å². The van der Waals surface area contributed by atoms with E-state index in [1.807, 2.05) is 48.3 Å². The summed E-state index contributed by atoms with van der Waals surface area (Å²) in [5, 5.41) is 3.48.